The number of hydrogen-bond acceptors (Lipinski definition) is 4. The zero-order chi connectivity index (χ0) is 10.8. The van der Waals surface area contributed by atoms with Crippen LogP contribution in [-0.4, -0.2) is 25.9 Å². The first kappa shape index (κ1) is 10.3. The van der Waals surface area contributed by atoms with E-state index in [1.54, 1.807) is 14.2 Å². The Morgan fingerprint density at radius 3 is 2.60 bits per heavy atom. The molecule has 0 aromatic heterocycles. The molecule has 2 rings (SSSR count). The fourth-order valence-corrected chi connectivity index (χ4v) is 1.98. The van der Waals surface area contributed by atoms with E-state index in [0.29, 0.717) is 13.1 Å². The third-order valence-corrected chi connectivity index (χ3v) is 2.69. The Kier molecular flexibility index (Phi) is 2.79. The van der Waals surface area contributed by atoms with E-state index in [-0.39, 0.29) is 0 Å². The van der Waals surface area contributed by atoms with Crippen LogP contribution in [0.1, 0.15) is 17.2 Å². The summed E-state index contributed by atoms with van der Waals surface area (Å²) in [5, 5.41) is 13.0. The van der Waals surface area contributed by atoms with Crippen molar-refractivity contribution in [3.8, 4) is 11.5 Å². The Balaban J connectivity index is 2.56. The molecule has 4 nitrogen and oxygen atoms in total. The van der Waals surface area contributed by atoms with Crippen LogP contribution in [0.15, 0.2) is 12.1 Å². The highest BCUT2D eigenvalue weighted by molar-refractivity contribution is 5.51. The summed E-state index contributed by atoms with van der Waals surface area (Å²) in [7, 11) is 3.24. The Morgan fingerprint density at radius 1 is 1.27 bits per heavy atom. The highest BCUT2D eigenvalue weighted by atomic mass is 16.5. The fourth-order valence-electron chi connectivity index (χ4n) is 1.98. The predicted octanol–water partition coefficient (Wildman–Crippen LogP) is 0.840. The van der Waals surface area contributed by atoms with Crippen LogP contribution in [0.5, 0.6) is 11.5 Å². The van der Waals surface area contributed by atoms with Gasteiger partial charge in [-0.3, -0.25) is 0 Å². The van der Waals surface area contributed by atoms with E-state index in [9.17, 15) is 5.11 Å². The average molecular weight is 209 g/mol. The summed E-state index contributed by atoms with van der Waals surface area (Å²) < 4.78 is 10.5. The minimum atomic E-state index is -0.529. The molecule has 0 spiro atoms. The first-order valence-electron chi connectivity index (χ1n) is 4.90. The molecular weight excluding hydrogens is 194 g/mol. The van der Waals surface area contributed by atoms with Crippen LogP contribution in [0.2, 0.25) is 0 Å². The third kappa shape index (κ3) is 1.66. The largest absolute Gasteiger partial charge is 0.496 e. The summed E-state index contributed by atoms with van der Waals surface area (Å²) in [5.41, 5.74) is 1.83. The third-order valence-electron chi connectivity index (χ3n) is 2.69. The molecule has 0 saturated carbocycles. The van der Waals surface area contributed by atoms with Crippen LogP contribution in [0, 0.1) is 0 Å². The standard InChI is InChI=1S/C11H15NO3/c1-14-9-3-4-10(15-2)11-7(9)5-12-6-8(11)13/h3-4,8,12-13H,5-6H2,1-2H3. The molecule has 4 heteroatoms. The molecule has 15 heavy (non-hydrogen) atoms. The number of rotatable bonds is 2. The van der Waals surface area contributed by atoms with Crippen molar-refractivity contribution in [1.82, 2.24) is 5.32 Å². The molecule has 1 aliphatic rings. The number of β-amino-alcohol motifs (C(OH)–C–C–N with tert-alkyl or cyclic N) is 1. The topological polar surface area (TPSA) is 50.7 Å². The molecule has 1 unspecified atom stereocenters. The number of ether oxygens (including phenoxy) is 2. The number of hydrogen-bond donors (Lipinski definition) is 2. The van der Waals surface area contributed by atoms with Crippen molar-refractivity contribution in [3.63, 3.8) is 0 Å². The van der Waals surface area contributed by atoms with Gasteiger partial charge in [0, 0.05) is 24.2 Å². The van der Waals surface area contributed by atoms with Crippen LogP contribution < -0.4 is 14.8 Å². The molecule has 0 amide bonds. The van der Waals surface area contributed by atoms with Gasteiger partial charge in [0.25, 0.3) is 0 Å². The van der Waals surface area contributed by atoms with Crippen molar-refractivity contribution < 1.29 is 14.6 Å². The fraction of sp³-hybridized carbons (Fsp3) is 0.455. The summed E-state index contributed by atoms with van der Waals surface area (Å²) in [5.74, 6) is 1.51. The van der Waals surface area contributed by atoms with E-state index in [1.165, 1.54) is 0 Å². The van der Waals surface area contributed by atoms with Crippen molar-refractivity contribution in [2.24, 2.45) is 0 Å². The summed E-state index contributed by atoms with van der Waals surface area (Å²) in [4.78, 5) is 0. The van der Waals surface area contributed by atoms with Crippen LogP contribution in [-0.2, 0) is 6.54 Å². The van der Waals surface area contributed by atoms with Gasteiger partial charge in [-0.25, -0.2) is 0 Å². The number of benzene rings is 1. The van der Waals surface area contributed by atoms with Crippen molar-refractivity contribution in [3.05, 3.63) is 23.3 Å². The predicted molar refractivity (Wildman–Crippen MR) is 56.2 cm³/mol. The maximum atomic E-state index is 9.90. The van der Waals surface area contributed by atoms with Gasteiger partial charge in [-0.2, -0.15) is 0 Å². The van der Waals surface area contributed by atoms with Crippen LogP contribution in [0.25, 0.3) is 0 Å². The molecule has 0 aliphatic carbocycles. The highest BCUT2D eigenvalue weighted by Gasteiger charge is 2.24. The number of fused-ring (bicyclic) bond motifs is 1. The first-order chi connectivity index (χ1) is 7.27. The molecule has 0 saturated heterocycles. The average Bonchev–Trinajstić information content (AvgIpc) is 2.28. The normalized spacial score (nSPS) is 19.5. The molecule has 1 aromatic carbocycles. The Morgan fingerprint density at radius 2 is 1.93 bits per heavy atom. The second kappa shape index (κ2) is 4.08. The number of nitrogens with one attached hydrogen (secondary N) is 1. The van der Waals surface area contributed by atoms with Gasteiger partial charge in [0.2, 0.25) is 0 Å². The Labute approximate surface area is 88.8 Å². The van der Waals surface area contributed by atoms with E-state index in [2.05, 4.69) is 5.32 Å². The molecule has 1 atom stereocenters. The lowest BCUT2D eigenvalue weighted by molar-refractivity contribution is 0.159. The minimum absolute atomic E-state index is 0.529. The van der Waals surface area contributed by atoms with Crippen molar-refractivity contribution >= 4 is 0 Å². The van der Waals surface area contributed by atoms with Gasteiger partial charge in [-0.1, -0.05) is 0 Å². The molecule has 1 aliphatic heterocycles. The molecule has 1 heterocycles. The van der Waals surface area contributed by atoms with Crippen LogP contribution in [0.3, 0.4) is 0 Å². The van der Waals surface area contributed by atoms with Gasteiger partial charge < -0.3 is 19.9 Å². The van der Waals surface area contributed by atoms with Gasteiger partial charge in [0.05, 0.1) is 20.3 Å². The van der Waals surface area contributed by atoms with Crippen LogP contribution >= 0.6 is 0 Å². The monoisotopic (exact) mass is 209 g/mol. The van der Waals surface area contributed by atoms with Crippen LogP contribution in [0.4, 0.5) is 0 Å². The number of aliphatic hydroxyl groups excluding tert-OH is 1. The van der Waals surface area contributed by atoms with Gasteiger partial charge in [0.15, 0.2) is 0 Å². The summed E-state index contributed by atoms with van der Waals surface area (Å²) in [6.07, 6.45) is -0.529. The zero-order valence-corrected chi connectivity index (χ0v) is 8.91. The lowest BCUT2D eigenvalue weighted by atomic mass is 9.96. The quantitative estimate of drug-likeness (QED) is 0.758. The van der Waals surface area contributed by atoms with Gasteiger partial charge in [-0.05, 0) is 12.1 Å². The van der Waals surface area contributed by atoms with Crippen molar-refractivity contribution in [2.45, 2.75) is 12.6 Å². The summed E-state index contributed by atoms with van der Waals surface area (Å²) >= 11 is 0. The Hall–Kier alpha value is -1.26. The number of methoxy groups -OCH3 is 2. The van der Waals surface area contributed by atoms with E-state index in [0.717, 1.165) is 22.6 Å². The lowest BCUT2D eigenvalue weighted by Gasteiger charge is -2.26. The van der Waals surface area contributed by atoms with E-state index >= 15 is 0 Å². The lowest BCUT2D eigenvalue weighted by Crippen LogP contribution is -2.28. The SMILES string of the molecule is COc1ccc(OC)c2c1CNCC2O. The molecular formula is C11H15NO3. The molecule has 0 fully saturated rings. The van der Waals surface area contributed by atoms with Crippen molar-refractivity contribution in [2.75, 3.05) is 20.8 Å². The van der Waals surface area contributed by atoms with E-state index < -0.39 is 6.10 Å². The molecule has 82 valence electrons. The van der Waals surface area contributed by atoms with Gasteiger partial charge in [-0.15, -0.1) is 0 Å². The summed E-state index contributed by atoms with van der Waals surface area (Å²) in [6, 6.07) is 3.68. The highest BCUT2D eigenvalue weighted by Crippen LogP contribution is 2.36. The van der Waals surface area contributed by atoms with Gasteiger partial charge in [0.1, 0.15) is 11.5 Å². The minimum Gasteiger partial charge on any atom is -0.496 e. The Bertz CT molecular complexity index is 365. The van der Waals surface area contributed by atoms with E-state index in [4.69, 9.17) is 9.47 Å². The van der Waals surface area contributed by atoms with E-state index in [1.807, 2.05) is 12.1 Å². The zero-order valence-electron chi connectivity index (χ0n) is 8.91. The molecule has 1 aromatic rings. The summed E-state index contributed by atoms with van der Waals surface area (Å²) in [6.45, 7) is 1.25. The molecule has 0 bridgehead atoms. The second-order valence-electron chi connectivity index (χ2n) is 3.51. The molecule has 0 radical (unpaired) electrons. The first-order valence-corrected chi connectivity index (χ1v) is 4.90. The maximum absolute atomic E-state index is 9.90. The second-order valence-corrected chi connectivity index (χ2v) is 3.51. The van der Waals surface area contributed by atoms with Gasteiger partial charge >= 0.3 is 0 Å². The van der Waals surface area contributed by atoms with Crippen molar-refractivity contribution in [1.29, 1.82) is 0 Å². The molecule has 2 N–H and O–H groups in total. The number of aliphatic hydroxyl groups is 1. The maximum Gasteiger partial charge on any atom is 0.125 e. The smallest absolute Gasteiger partial charge is 0.125 e.